The molecule has 1 amide bonds. The van der Waals surface area contributed by atoms with Gasteiger partial charge in [0.05, 0.1) is 31.9 Å². The number of carbonyl (C=O) groups excluding carboxylic acids is 1. The molecule has 31 heavy (non-hydrogen) atoms. The van der Waals surface area contributed by atoms with Crippen LogP contribution in [0.5, 0.6) is 0 Å². The highest BCUT2D eigenvalue weighted by molar-refractivity contribution is 8.01. The number of nitro groups is 1. The van der Waals surface area contributed by atoms with Crippen LogP contribution in [0.25, 0.3) is 10.2 Å². The summed E-state index contributed by atoms with van der Waals surface area (Å²) in [6.07, 6.45) is 1.35. The first-order valence-corrected chi connectivity index (χ1v) is 10.9. The Morgan fingerprint density at radius 1 is 1.23 bits per heavy atom. The molecule has 12 heteroatoms. The number of hydrazone groups is 1. The first-order chi connectivity index (χ1) is 14.9. The number of aromatic nitrogens is 1. The molecule has 0 aliphatic rings. The van der Waals surface area contributed by atoms with Crippen LogP contribution < -0.4 is 5.43 Å². The minimum Gasteiger partial charge on any atom is -0.448 e. The smallest absolute Gasteiger partial charge is 0.272 e. The van der Waals surface area contributed by atoms with E-state index in [2.05, 4.69) is 15.5 Å². The molecule has 2 heterocycles. The molecule has 0 unspecified atom stereocenters. The molecule has 0 bridgehead atoms. The highest BCUT2D eigenvalue weighted by atomic mass is 35.5. The molecule has 0 fully saturated rings. The van der Waals surface area contributed by atoms with Gasteiger partial charge in [-0.15, -0.1) is 11.3 Å². The summed E-state index contributed by atoms with van der Waals surface area (Å²) < 4.78 is 7.05. The van der Waals surface area contributed by atoms with Crippen molar-refractivity contribution >= 4 is 74.3 Å². The summed E-state index contributed by atoms with van der Waals surface area (Å²) in [5.41, 5.74) is 3.31. The molecule has 0 radical (unpaired) electrons. The Morgan fingerprint density at radius 3 is 2.84 bits per heavy atom. The molecule has 0 aliphatic heterocycles. The van der Waals surface area contributed by atoms with Gasteiger partial charge in [-0.2, -0.15) is 5.10 Å². The lowest BCUT2D eigenvalue weighted by Crippen LogP contribution is -2.17. The van der Waals surface area contributed by atoms with Gasteiger partial charge in [0.25, 0.3) is 11.6 Å². The van der Waals surface area contributed by atoms with Gasteiger partial charge in [0, 0.05) is 17.2 Å². The second-order valence-corrected chi connectivity index (χ2v) is 9.10. The van der Waals surface area contributed by atoms with Gasteiger partial charge in [-0.1, -0.05) is 23.2 Å². The third-order valence-electron chi connectivity index (χ3n) is 3.89. The molecule has 0 saturated heterocycles. The number of rotatable bonds is 6. The Hall–Kier alpha value is -2.92. The molecule has 2 aromatic carbocycles. The van der Waals surface area contributed by atoms with Crippen LogP contribution in [0.1, 0.15) is 16.1 Å². The second kappa shape index (κ2) is 9.06. The van der Waals surface area contributed by atoms with Gasteiger partial charge >= 0.3 is 0 Å². The van der Waals surface area contributed by atoms with Gasteiger partial charge in [0.15, 0.2) is 9.43 Å². The molecular formula is C19H10Cl2N4O4S2. The number of carbonyl (C=O) groups is 1. The molecule has 0 saturated carbocycles. The van der Waals surface area contributed by atoms with Crippen molar-refractivity contribution in [2.45, 2.75) is 9.43 Å². The van der Waals surface area contributed by atoms with Crippen LogP contribution in [0.2, 0.25) is 10.0 Å². The van der Waals surface area contributed by atoms with E-state index in [4.69, 9.17) is 27.6 Å². The fraction of sp³-hybridized carbons (Fsp3) is 0. The van der Waals surface area contributed by atoms with E-state index in [1.54, 1.807) is 24.3 Å². The number of hydrogen-bond donors (Lipinski definition) is 1. The average molecular weight is 493 g/mol. The maximum absolute atomic E-state index is 12.1. The van der Waals surface area contributed by atoms with E-state index in [0.717, 1.165) is 0 Å². The third-order valence-corrected chi connectivity index (χ3v) is 6.43. The number of nitro benzene ring substituents is 1. The largest absolute Gasteiger partial charge is 0.448 e. The summed E-state index contributed by atoms with van der Waals surface area (Å²) in [4.78, 5) is 27.0. The van der Waals surface area contributed by atoms with Crippen molar-refractivity contribution in [1.29, 1.82) is 0 Å². The number of amides is 1. The zero-order chi connectivity index (χ0) is 22.0. The summed E-state index contributed by atoms with van der Waals surface area (Å²) in [5.74, 6) is -0.0654. The predicted molar refractivity (Wildman–Crippen MR) is 121 cm³/mol. The summed E-state index contributed by atoms with van der Waals surface area (Å²) in [5, 5.41) is 16.0. The Morgan fingerprint density at radius 2 is 2.06 bits per heavy atom. The maximum Gasteiger partial charge on any atom is 0.272 e. The van der Waals surface area contributed by atoms with Gasteiger partial charge in [-0.3, -0.25) is 14.9 Å². The zero-order valence-electron chi connectivity index (χ0n) is 15.2. The quantitative estimate of drug-likeness (QED) is 0.200. The van der Waals surface area contributed by atoms with Crippen LogP contribution in [0.4, 0.5) is 5.69 Å². The molecule has 0 aliphatic carbocycles. The first kappa shape index (κ1) is 21.3. The number of hydrogen-bond acceptors (Lipinski definition) is 8. The average Bonchev–Trinajstić information content (AvgIpc) is 3.33. The fourth-order valence-electron chi connectivity index (χ4n) is 2.48. The topological polar surface area (TPSA) is 111 Å². The molecule has 0 atom stereocenters. The van der Waals surface area contributed by atoms with Crippen molar-refractivity contribution < 1.29 is 14.1 Å². The lowest BCUT2D eigenvalue weighted by atomic mass is 10.2. The number of halogens is 2. The Balaban J connectivity index is 1.40. The number of non-ortho nitro benzene ring substituents is 1. The molecule has 4 aromatic rings. The molecular weight excluding hydrogens is 483 g/mol. The van der Waals surface area contributed by atoms with Crippen molar-refractivity contribution in [2.24, 2.45) is 5.10 Å². The number of benzene rings is 2. The lowest BCUT2D eigenvalue weighted by Gasteiger charge is -2.02. The number of fused-ring (bicyclic) bond motifs is 1. The molecule has 4 rings (SSSR count). The van der Waals surface area contributed by atoms with Crippen molar-refractivity contribution in [3.05, 3.63) is 80.0 Å². The highest BCUT2D eigenvalue weighted by Gasteiger charge is 2.13. The standard InChI is InChI=1S/C19H10Cl2N4O4S2/c20-10-1-4-13(14(21)7-10)18(26)24-22-9-12-3-6-17(29-12)31-19-23-15-5-2-11(25(27)28)8-16(15)30-19/h1-9H,(H,24,26)/b22-9+. The summed E-state index contributed by atoms with van der Waals surface area (Å²) in [7, 11) is 0. The molecule has 0 spiro atoms. The summed E-state index contributed by atoms with van der Waals surface area (Å²) in [6, 6.07) is 12.5. The van der Waals surface area contributed by atoms with Crippen LogP contribution >= 0.6 is 46.3 Å². The number of thiazole rings is 1. The Labute approximate surface area is 193 Å². The van der Waals surface area contributed by atoms with Gasteiger partial charge in [0.1, 0.15) is 5.76 Å². The van der Waals surface area contributed by atoms with E-state index in [9.17, 15) is 14.9 Å². The number of nitrogens with one attached hydrogen (secondary N) is 1. The minimum atomic E-state index is -0.484. The van der Waals surface area contributed by atoms with E-state index >= 15 is 0 Å². The predicted octanol–water partition coefficient (Wildman–Crippen LogP) is 6.02. The molecule has 2 aromatic heterocycles. The Kier molecular flexibility index (Phi) is 6.23. The van der Waals surface area contributed by atoms with E-state index in [1.165, 1.54) is 53.6 Å². The first-order valence-electron chi connectivity index (χ1n) is 8.50. The van der Waals surface area contributed by atoms with E-state index in [-0.39, 0.29) is 16.3 Å². The minimum absolute atomic E-state index is 0.0196. The van der Waals surface area contributed by atoms with Gasteiger partial charge in [-0.25, -0.2) is 10.4 Å². The van der Waals surface area contributed by atoms with E-state index in [1.807, 2.05) is 0 Å². The van der Waals surface area contributed by atoms with E-state index in [0.29, 0.717) is 30.4 Å². The van der Waals surface area contributed by atoms with Gasteiger partial charge in [0.2, 0.25) is 0 Å². The maximum atomic E-state index is 12.1. The lowest BCUT2D eigenvalue weighted by molar-refractivity contribution is -0.384. The fourth-order valence-corrected chi connectivity index (χ4v) is 4.98. The van der Waals surface area contributed by atoms with Crippen molar-refractivity contribution in [2.75, 3.05) is 0 Å². The van der Waals surface area contributed by atoms with Crippen LogP contribution in [-0.2, 0) is 0 Å². The van der Waals surface area contributed by atoms with Crippen LogP contribution in [0.3, 0.4) is 0 Å². The number of furan rings is 1. The zero-order valence-corrected chi connectivity index (χ0v) is 18.4. The van der Waals surface area contributed by atoms with Crippen molar-refractivity contribution in [3.8, 4) is 0 Å². The van der Waals surface area contributed by atoms with Crippen LogP contribution in [-0.4, -0.2) is 22.0 Å². The van der Waals surface area contributed by atoms with Crippen molar-refractivity contribution in [1.82, 2.24) is 10.4 Å². The van der Waals surface area contributed by atoms with Gasteiger partial charge in [-0.05, 0) is 48.2 Å². The summed E-state index contributed by atoms with van der Waals surface area (Å²) >= 11 is 14.4. The monoisotopic (exact) mass is 492 g/mol. The third kappa shape index (κ3) is 5.05. The van der Waals surface area contributed by atoms with E-state index < -0.39 is 10.8 Å². The number of nitrogens with zero attached hydrogens (tertiary/aromatic N) is 3. The van der Waals surface area contributed by atoms with Gasteiger partial charge < -0.3 is 4.42 Å². The normalized spacial score (nSPS) is 11.3. The van der Waals surface area contributed by atoms with Crippen LogP contribution in [0, 0.1) is 10.1 Å². The van der Waals surface area contributed by atoms with Crippen LogP contribution in [0.15, 0.2) is 67.5 Å². The molecule has 8 nitrogen and oxygen atoms in total. The molecule has 1 N–H and O–H groups in total. The SMILES string of the molecule is O=C(N/N=C/c1ccc(Sc2nc3ccc([N+](=O)[O-])cc3s2)o1)c1ccc(Cl)cc1Cl. The Bertz CT molecular complexity index is 1340. The highest BCUT2D eigenvalue weighted by Crippen LogP contribution is 2.36. The molecule has 156 valence electrons. The second-order valence-electron chi connectivity index (χ2n) is 5.97. The summed E-state index contributed by atoms with van der Waals surface area (Å²) in [6.45, 7) is 0. The van der Waals surface area contributed by atoms with Crippen molar-refractivity contribution in [3.63, 3.8) is 0 Å².